The van der Waals surface area contributed by atoms with Crippen LogP contribution in [0.15, 0.2) is 78.3 Å². The second kappa shape index (κ2) is 10.8. The molecule has 1 fully saturated rings. The number of carbonyl (C=O) groups excluding carboxylic acids is 1. The molecule has 4 aromatic rings. The molecule has 0 N–H and O–H groups in total. The molecule has 1 atom stereocenters. The largest absolute Gasteiger partial charge is 0.330 e. The molecule has 1 amide bonds. The number of carbonyl (C=O) groups is 1. The van der Waals surface area contributed by atoms with Gasteiger partial charge in [0.2, 0.25) is 0 Å². The Morgan fingerprint density at radius 2 is 1.83 bits per heavy atom. The molecule has 1 unspecified atom stereocenters. The number of imidazole rings is 1. The van der Waals surface area contributed by atoms with E-state index in [1.165, 1.54) is 36.2 Å². The number of rotatable bonds is 6. The zero-order valence-electron chi connectivity index (χ0n) is 19.3. The van der Waals surface area contributed by atoms with Gasteiger partial charge in [0.15, 0.2) is 5.16 Å². The van der Waals surface area contributed by atoms with Gasteiger partial charge in [-0.2, -0.15) is 0 Å². The van der Waals surface area contributed by atoms with Gasteiger partial charge in [-0.05, 0) is 73.4 Å². The molecular weight excluding hydrogens is 502 g/mol. The second-order valence-electron chi connectivity index (χ2n) is 8.52. The van der Waals surface area contributed by atoms with E-state index in [0.29, 0.717) is 33.7 Å². The van der Waals surface area contributed by atoms with Crippen molar-refractivity contribution < 1.29 is 13.6 Å². The van der Waals surface area contributed by atoms with Crippen molar-refractivity contribution in [3.05, 3.63) is 107 Å². The van der Waals surface area contributed by atoms with Crippen LogP contribution in [-0.4, -0.2) is 31.9 Å². The molecule has 5 nitrogen and oxygen atoms in total. The third-order valence-corrected chi connectivity index (χ3v) is 7.63. The standard InChI is InChI=1S/C27H23ClF2N4OS/c28-22-4-3-5-23(30)21(22)17-36-27-32-16-25(34(27)20-9-7-19(29)8-10-20)26(35)33-15-2-1-6-24(33)18-11-13-31-14-12-18/h3-5,7-14,16,24H,1-2,6,15,17H2. The summed E-state index contributed by atoms with van der Waals surface area (Å²) < 4.78 is 29.8. The van der Waals surface area contributed by atoms with Crippen LogP contribution in [0, 0.1) is 11.6 Å². The lowest BCUT2D eigenvalue weighted by Gasteiger charge is -2.36. The van der Waals surface area contributed by atoms with Crippen LogP contribution in [0.25, 0.3) is 5.69 Å². The Balaban J connectivity index is 1.51. The van der Waals surface area contributed by atoms with Gasteiger partial charge in [0.1, 0.15) is 17.3 Å². The van der Waals surface area contributed by atoms with Crippen molar-refractivity contribution in [2.75, 3.05) is 6.54 Å². The van der Waals surface area contributed by atoms with Crippen molar-refractivity contribution in [2.24, 2.45) is 0 Å². The van der Waals surface area contributed by atoms with E-state index in [-0.39, 0.29) is 23.5 Å². The van der Waals surface area contributed by atoms with E-state index in [9.17, 15) is 13.6 Å². The van der Waals surface area contributed by atoms with Gasteiger partial charge < -0.3 is 4.90 Å². The first-order valence-electron chi connectivity index (χ1n) is 11.6. The highest BCUT2D eigenvalue weighted by atomic mass is 35.5. The van der Waals surface area contributed by atoms with Crippen LogP contribution in [0.2, 0.25) is 5.02 Å². The summed E-state index contributed by atoms with van der Waals surface area (Å²) in [5.74, 6) is -0.725. The van der Waals surface area contributed by atoms with Gasteiger partial charge in [-0.3, -0.25) is 14.3 Å². The lowest BCUT2D eigenvalue weighted by atomic mass is 9.95. The third-order valence-electron chi connectivity index (χ3n) is 6.30. The van der Waals surface area contributed by atoms with Gasteiger partial charge in [-0.15, -0.1) is 0 Å². The van der Waals surface area contributed by atoms with Gasteiger partial charge in [0.05, 0.1) is 12.2 Å². The van der Waals surface area contributed by atoms with Gasteiger partial charge in [0.25, 0.3) is 5.91 Å². The van der Waals surface area contributed by atoms with E-state index in [1.54, 1.807) is 41.2 Å². The van der Waals surface area contributed by atoms with Crippen molar-refractivity contribution in [3.63, 3.8) is 0 Å². The molecule has 3 heterocycles. The number of aromatic nitrogens is 3. The Hall–Kier alpha value is -3.23. The highest BCUT2D eigenvalue weighted by Crippen LogP contribution is 2.34. The number of hydrogen-bond acceptors (Lipinski definition) is 4. The van der Waals surface area contributed by atoms with Crippen molar-refractivity contribution in [3.8, 4) is 5.69 Å². The van der Waals surface area contributed by atoms with Crippen molar-refractivity contribution in [2.45, 2.75) is 36.2 Å². The summed E-state index contributed by atoms with van der Waals surface area (Å²) in [6.45, 7) is 0.619. The van der Waals surface area contributed by atoms with Crippen molar-refractivity contribution >= 4 is 29.3 Å². The molecule has 2 aromatic heterocycles. The van der Waals surface area contributed by atoms with Gasteiger partial charge in [-0.25, -0.2) is 13.8 Å². The molecule has 9 heteroatoms. The number of amides is 1. The number of halogens is 3. The molecule has 0 aliphatic carbocycles. The number of pyridine rings is 1. The average Bonchev–Trinajstić information content (AvgIpc) is 3.33. The maximum Gasteiger partial charge on any atom is 0.273 e. The summed E-state index contributed by atoms with van der Waals surface area (Å²) in [4.78, 5) is 24.4. The smallest absolute Gasteiger partial charge is 0.273 e. The molecule has 1 aliphatic rings. The number of likely N-dealkylation sites (tertiary alicyclic amines) is 1. The maximum atomic E-state index is 14.4. The highest BCUT2D eigenvalue weighted by molar-refractivity contribution is 7.98. The van der Waals surface area contributed by atoms with Crippen LogP contribution in [0.3, 0.4) is 0 Å². The fourth-order valence-corrected chi connectivity index (χ4v) is 5.82. The molecule has 0 spiro atoms. The monoisotopic (exact) mass is 524 g/mol. The minimum atomic E-state index is -0.403. The quantitative estimate of drug-likeness (QED) is 0.259. The predicted molar refractivity (Wildman–Crippen MR) is 136 cm³/mol. The Morgan fingerprint density at radius 1 is 1.06 bits per heavy atom. The number of thioether (sulfide) groups is 1. The Morgan fingerprint density at radius 3 is 2.58 bits per heavy atom. The minimum absolute atomic E-state index is 0.0702. The fraction of sp³-hybridized carbons (Fsp3) is 0.222. The Bertz CT molecular complexity index is 1340. The Labute approximate surface area is 217 Å². The molecule has 1 saturated heterocycles. The zero-order valence-corrected chi connectivity index (χ0v) is 20.9. The SMILES string of the molecule is O=C(c1cnc(SCc2c(F)cccc2Cl)n1-c1ccc(F)cc1)N1CCCCC1c1ccncc1. The van der Waals surface area contributed by atoms with E-state index >= 15 is 0 Å². The first-order valence-corrected chi connectivity index (χ1v) is 13.0. The molecule has 5 rings (SSSR count). The number of hydrogen-bond donors (Lipinski definition) is 0. The highest BCUT2D eigenvalue weighted by Gasteiger charge is 2.31. The summed E-state index contributed by atoms with van der Waals surface area (Å²) in [5.41, 5.74) is 2.36. The minimum Gasteiger partial charge on any atom is -0.330 e. The normalized spacial score (nSPS) is 15.8. The lowest BCUT2D eigenvalue weighted by molar-refractivity contribution is 0.0602. The predicted octanol–water partition coefficient (Wildman–Crippen LogP) is 6.86. The van der Waals surface area contributed by atoms with Crippen LogP contribution < -0.4 is 0 Å². The summed E-state index contributed by atoms with van der Waals surface area (Å²) in [5, 5.41) is 0.814. The van der Waals surface area contributed by atoms with Crippen LogP contribution in [0.1, 0.15) is 46.9 Å². The van der Waals surface area contributed by atoms with Crippen LogP contribution in [0.4, 0.5) is 8.78 Å². The summed E-state index contributed by atoms with van der Waals surface area (Å²) in [6, 6.07) is 14.2. The number of nitrogens with zero attached hydrogens (tertiary/aromatic N) is 4. The summed E-state index contributed by atoms with van der Waals surface area (Å²) in [7, 11) is 0. The lowest BCUT2D eigenvalue weighted by Crippen LogP contribution is -2.39. The van der Waals surface area contributed by atoms with Crippen LogP contribution >= 0.6 is 23.4 Å². The molecule has 1 aliphatic heterocycles. The first-order chi connectivity index (χ1) is 17.5. The third kappa shape index (κ3) is 5.01. The van der Waals surface area contributed by atoms with Crippen molar-refractivity contribution in [1.29, 1.82) is 0 Å². The average molecular weight is 525 g/mol. The number of piperidine rings is 1. The fourth-order valence-electron chi connectivity index (χ4n) is 4.49. The molecule has 0 radical (unpaired) electrons. The zero-order chi connectivity index (χ0) is 25.1. The van der Waals surface area contributed by atoms with Gasteiger partial charge in [-0.1, -0.05) is 29.4 Å². The molecule has 0 saturated carbocycles. The molecule has 184 valence electrons. The van der Waals surface area contributed by atoms with E-state index in [4.69, 9.17) is 11.6 Å². The van der Waals surface area contributed by atoms with Crippen LogP contribution in [-0.2, 0) is 5.75 Å². The summed E-state index contributed by atoms with van der Waals surface area (Å²) in [6.07, 6.45) is 7.79. The Kier molecular flexibility index (Phi) is 7.34. The second-order valence-corrected chi connectivity index (χ2v) is 9.87. The van der Waals surface area contributed by atoms with Crippen LogP contribution in [0.5, 0.6) is 0 Å². The molecular formula is C27H23ClF2N4OS. The molecule has 2 aromatic carbocycles. The number of benzene rings is 2. The van der Waals surface area contributed by atoms with Crippen molar-refractivity contribution in [1.82, 2.24) is 19.4 Å². The molecule has 0 bridgehead atoms. The topological polar surface area (TPSA) is 51.0 Å². The van der Waals surface area contributed by atoms with Gasteiger partial charge in [0, 0.05) is 41.0 Å². The van der Waals surface area contributed by atoms with E-state index in [0.717, 1.165) is 24.8 Å². The summed E-state index contributed by atoms with van der Waals surface area (Å²) >= 11 is 7.48. The van der Waals surface area contributed by atoms with Gasteiger partial charge >= 0.3 is 0 Å². The van der Waals surface area contributed by atoms with E-state index in [1.807, 2.05) is 17.0 Å². The van der Waals surface area contributed by atoms with E-state index in [2.05, 4.69) is 9.97 Å². The first kappa shape index (κ1) is 24.5. The maximum absolute atomic E-state index is 14.4. The molecule has 36 heavy (non-hydrogen) atoms. The van der Waals surface area contributed by atoms with E-state index < -0.39 is 5.82 Å².